The molecule has 0 heterocycles. The van der Waals surface area contributed by atoms with E-state index in [-0.39, 0.29) is 6.04 Å². The van der Waals surface area contributed by atoms with Gasteiger partial charge in [0.05, 0.1) is 0 Å². The minimum absolute atomic E-state index is 0.206. The third-order valence-corrected chi connectivity index (χ3v) is 2.96. The molecule has 2 nitrogen and oxygen atoms in total. The lowest BCUT2D eigenvalue weighted by atomic mass is 9.98. The zero-order chi connectivity index (χ0) is 12.0. The number of halogens is 1. The van der Waals surface area contributed by atoms with E-state index in [1.165, 1.54) is 18.4 Å². The third-order valence-electron chi connectivity index (χ3n) is 2.73. The molecule has 0 bridgehead atoms. The van der Waals surface area contributed by atoms with Crippen LogP contribution >= 0.6 is 11.6 Å². The van der Waals surface area contributed by atoms with Gasteiger partial charge in [-0.05, 0) is 30.0 Å². The molecule has 0 saturated heterocycles. The molecule has 1 atom stereocenters. The van der Waals surface area contributed by atoms with E-state index >= 15 is 0 Å². The van der Waals surface area contributed by atoms with Crippen molar-refractivity contribution in [2.45, 2.75) is 39.2 Å². The van der Waals surface area contributed by atoms with Gasteiger partial charge in [-0.25, -0.2) is 0 Å². The Balaban J connectivity index is 2.53. The van der Waals surface area contributed by atoms with Crippen LogP contribution in [0.4, 0.5) is 0 Å². The molecule has 0 spiro atoms. The highest BCUT2D eigenvalue weighted by molar-refractivity contribution is 6.30. The van der Waals surface area contributed by atoms with Crippen molar-refractivity contribution in [3.05, 3.63) is 34.9 Å². The van der Waals surface area contributed by atoms with Crippen LogP contribution in [0.5, 0.6) is 0 Å². The summed E-state index contributed by atoms with van der Waals surface area (Å²) in [5.74, 6) is 6.33. The minimum atomic E-state index is 0.206. The monoisotopic (exact) mass is 240 g/mol. The normalized spacial score (nSPS) is 13.1. The summed E-state index contributed by atoms with van der Waals surface area (Å²) in [5, 5.41) is 0.765. The van der Waals surface area contributed by atoms with E-state index in [1.807, 2.05) is 18.2 Å². The maximum Gasteiger partial charge on any atom is 0.0460 e. The fraction of sp³-hybridized carbons (Fsp3) is 0.538. The van der Waals surface area contributed by atoms with Gasteiger partial charge in [-0.3, -0.25) is 11.3 Å². The van der Waals surface area contributed by atoms with Crippen molar-refractivity contribution < 1.29 is 0 Å². The van der Waals surface area contributed by atoms with E-state index in [2.05, 4.69) is 25.3 Å². The Morgan fingerprint density at radius 2 is 2.06 bits per heavy atom. The Kier molecular flexibility index (Phi) is 5.81. The highest BCUT2D eigenvalue weighted by Gasteiger charge is 2.09. The summed E-state index contributed by atoms with van der Waals surface area (Å²) in [4.78, 5) is 0. The second-order valence-electron chi connectivity index (χ2n) is 4.60. The maximum atomic E-state index is 5.96. The molecule has 0 aliphatic heterocycles. The van der Waals surface area contributed by atoms with Gasteiger partial charge in [0, 0.05) is 11.1 Å². The topological polar surface area (TPSA) is 38.0 Å². The number of hydrazine groups is 1. The van der Waals surface area contributed by atoms with Crippen LogP contribution in [-0.4, -0.2) is 0 Å². The zero-order valence-corrected chi connectivity index (χ0v) is 10.8. The van der Waals surface area contributed by atoms with Crippen LogP contribution in [0.15, 0.2) is 24.3 Å². The van der Waals surface area contributed by atoms with E-state index in [1.54, 1.807) is 0 Å². The molecule has 1 aromatic carbocycles. The second-order valence-corrected chi connectivity index (χ2v) is 5.04. The van der Waals surface area contributed by atoms with Gasteiger partial charge in [0.15, 0.2) is 0 Å². The van der Waals surface area contributed by atoms with Crippen LogP contribution in [0.2, 0.25) is 5.02 Å². The van der Waals surface area contributed by atoms with Crippen LogP contribution in [0, 0.1) is 5.92 Å². The first-order valence-corrected chi connectivity index (χ1v) is 6.23. The van der Waals surface area contributed by atoms with Gasteiger partial charge < -0.3 is 0 Å². The second kappa shape index (κ2) is 6.89. The highest BCUT2D eigenvalue weighted by atomic mass is 35.5. The van der Waals surface area contributed by atoms with Crippen LogP contribution in [0.25, 0.3) is 0 Å². The molecule has 0 radical (unpaired) electrons. The molecule has 1 rings (SSSR count). The maximum absolute atomic E-state index is 5.96. The molecule has 0 amide bonds. The van der Waals surface area contributed by atoms with E-state index < -0.39 is 0 Å². The molecule has 0 fully saturated rings. The van der Waals surface area contributed by atoms with Crippen molar-refractivity contribution in [3.8, 4) is 0 Å². The minimum Gasteiger partial charge on any atom is -0.271 e. The summed E-state index contributed by atoms with van der Waals surface area (Å²) in [7, 11) is 0. The fourth-order valence-electron chi connectivity index (χ4n) is 1.80. The predicted octanol–water partition coefficient (Wildman–Crippen LogP) is 3.67. The summed E-state index contributed by atoms with van der Waals surface area (Å²) in [5.41, 5.74) is 4.03. The largest absolute Gasteiger partial charge is 0.271 e. The Labute approximate surface area is 103 Å². The van der Waals surface area contributed by atoms with Crippen LogP contribution in [0.3, 0.4) is 0 Å². The highest BCUT2D eigenvalue weighted by Crippen LogP contribution is 2.22. The molecule has 1 aromatic rings. The van der Waals surface area contributed by atoms with Crippen LogP contribution in [-0.2, 0) is 0 Å². The van der Waals surface area contributed by atoms with E-state index in [4.69, 9.17) is 17.4 Å². The first-order chi connectivity index (χ1) is 7.63. The Hall–Kier alpha value is -0.570. The quantitative estimate of drug-likeness (QED) is 0.588. The lowest BCUT2D eigenvalue weighted by Crippen LogP contribution is -2.28. The molecule has 90 valence electrons. The number of nitrogens with one attached hydrogen (secondary N) is 1. The summed E-state index contributed by atoms with van der Waals surface area (Å²) < 4.78 is 0. The van der Waals surface area contributed by atoms with Crippen molar-refractivity contribution in [3.63, 3.8) is 0 Å². The predicted molar refractivity (Wildman–Crippen MR) is 70.2 cm³/mol. The summed E-state index contributed by atoms with van der Waals surface area (Å²) in [6, 6.07) is 8.09. The third kappa shape index (κ3) is 4.52. The lowest BCUT2D eigenvalue weighted by molar-refractivity contribution is 0.455. The van der Waals surface area contributed by atoms with Crippen molar-refractivity contribution in [1.29, 1.82) is 0 Å². The number of hydrogen-bond donors (Lipinski definition) is 2. The van der Waals surface area contributed by atoms with Crippen LogP contribution < -0.4 is 11.3 Å². The van der Waals surface area contributed by atoms with Gasteiger partial charge >= 0.3 is 0 Å². The van der Waals surface area contributed by atoms with Gasteiger partial charge in [-0.2, -0.15) is 0 Å². The molecule has 0 aliphatic carbocycles. The van der Waals surface area contributed by atoms with Crippen LogP contribution in [0.1, 0.15) is 44.7 Å². The molecule has 1 unspecified atom stereocenters. The average Bonchev–Trinajstić information content (AvgIpc) is 2.24. The Morgan fingerprint density at radius 1 is 1.31 bits per heavy atom. The summed E-state index contributed by atoms with van der Waals surface area (Å²) in [6.07, 6.45) is 3.47. The molecule has 3 N–H and O–H groups in total. The molecule has 3 heteroatoms. The van der Waals surface area contributed by atoms with E-state index in [9.17, 15) is 0 Å². The van der Waals surface area contributed by atoms with Gasteiger partial charge in [-0.15, -0.1) is 0 Å². The van der Waals surface area contributed by atoms with Gasteiger partial charge in [0.2, 0.25) is 0 Å². The van der Waals surface area contributed by atoms with Gasteiger partial charge in [0.25, 0.3) is 0 Å². The van der Waals surface area contributed by atoms with Crippen molar-refractivity contribution in [1.82, 2.24) is 5.43 Å². The van der Waals surface area contributed by atoms with E-state index in [0.29, 0.717) is 0 Å². The molecule has 0 aromatic heterocycles. The zero-order valence-electron chi connectivity index (χ0n) is 10.0. The summed E-state index contributed by atoms with van der Waals surface area (Å²) in [6.45, 7) is 4.48. The van der Waals surface area contributed by atoms with Gasteiger partial charge in [-0.1, -0.05) is 50.4 Å². The smallest absolute Gasteiger partial charge is 0.0460 e. The Morgan fingerprint density at radius 3 is 2.62 bits per heavy atom. The number of rotatable bonds is 6. The molecule has 0 aliphatic rings. The lowest BCUT2D eigenvalue weighted by Gasteiger charge is -2.17. The standard InChI is InChI=1S/C13H21ClN2/c1-10(2)5-3-8-13(16-15)11-6-4-7-12(14)9-11/h4,6-7,9-10,13,16H,3,5,8,15H2,1-2H3. The van der Waals surface area contributed by atoms with Crippen molar-refractivity contribution in [2.75, 3.05) is 0 Å². The average molecular weight is 241 g/mol. The Bertz CT molecular complexity index is 313. The first-order valence-electron chi connectivity index (χ1n) is 5.85. The molecular weight excluding hydrogens is 220 g/mol. The fourth-order valence-corrected chi connectivity index (χ4v) is 2.00. The first kappa shape index (κ1) is 13.5. The van der Waals surface area contributed by atoms with E-state index in [0.717, 1.165) is 17.4 Å². The number of nitrogens with two attached hydrogens (primary N) is 1. The summed E-state index contributed by atoms with van der Waals surface area (Å²) >= 11 is 5.96. The number of hydrogen-bond acceptors (Lipinski definition) is 2. The van der Waals surface area contributed by atoms with Crippen molar-refractivity contribution in [2.24, 2.45) is 11.8 Å². The molecule has 0 saturated carbocycles. The number of benzene rings is 1. The SMILES string of the molecule is CC(C)CCCC(NN)c1cccc(Cl)c1. The van der Waals surface area contributed by atoms with Crippen molar-refractivity contribution >= 4 is 11.6 Å². The molecular formula is C13H21ClN2. The van der Waals surface area contributed by atoms with Gasteiger partial charge in [0.1, 0.15) is 0 Å². The molecule has 16 heavy (non-hydrogen) atoms.